The van der Waals surface area contributed by atoms with Crippen LogP contribution in [0, 0.1) is 0 Å². The van der Waals surface area contributed by atoms with Crippen molar-refractivity contribution < 1.29 is 23.7 Å². The Morgan fingerprint density at radius 1 is 1.00 bits per heavy atom. The van der Waals surface area contributed by atoms with Gasteiger partial charge in [0.2, 0.25) is 0 Å². The number of aromatic nitrogens is 4. The maximum atomic E-state index is 13.2. The largest absolute Gasteiger partial charge is 0.461 e. The number of nitrogen functional groups attached to an aromatic ring is 1. The molecule has 1 aromatic carbocycles. The van der Waals surface area contributed by atoms with Gasteiger partial charge >= 0.3 is 5.97 Å². The molecular formula is C31H37N5O5S. The SMILES string of the molecule is COCCOC(=O)C1(OCCOC)CCC(c2nc3c(-c4ccc(-c5ccccc5)nc4)cnn3c(N)c2SC)CC1. The van der Waals surface area contributed by atoms with Crippen LogP contribution in [-0.4, -0.2) is 78.1 Å². The van der Waals surface area contributed by atoms with E-state index in [9.17, 15) is 4.79 Å². The number of pyridine rings is 1. The number of ether oxygens (including phenoxy) is 4. The summed E-state index contributed by atoms with van der Waals surface area (Å²) in [7, 11) is 3.18. The average Bonchev–Trinajstić information content (AvgIpc) is 3.46. The Hall–Kier alpha value is -3.51. The molecule has 2 N–H and O–H groups in total. The Morgan fingerprint density at radius 3 is 2.40 bits per heavy atom. The summed E-state index contributed by atoms with van der Waals surface area (Å²) < 4.78 is 23.6. The fourth-order valence-corrected chi connectivity index (χ4v) is 6.19. The molecule has 3 aromatic heterocycles. The Bertz CT molecular complexity index is 1490. The average molecular weight is 592 g/mol. The maximum absolute atomic E-state index is 13.2. The molecule has 1 aliphatic rings. The fourth-order valence-electron chi connectivity index (χ4n) is 5.47. The van der Waals surface area contributed by atoms with E-state index >= 15 is 0 Å². The Kier molecular flexibility index (Phi) is 9.73. The van der Waals surface area contributed by atoms with Gasteiger partial charge < -0.3 is 24.7 Å². The number of carbonyl (C=O) groups excluding carboxylic acids is 1. The van der Waals surface area contributed by atoms with Gasteiger partial charge in [0.25, 0.3) is 0 Å². The van der Waals surface area contributed by atoms with Crippen LogP contribution in [0.15, 0.2) is 59.8 Å². The van der Waals surface area contributed by atoms with Crippen LogP contribution in [0.25, 0.3) is 28.0 Å². The molecule has 1 saturated carbocycles. The van der Waals surface area contributed by atoms with E-state index in [0.717, 1.165) is 33.0 Å². The molecule has 10 nitrogen and oxygen atoms in total. The minimum absolute atomic E-state index is 0.0898. The van der Waals surface area contributed by atoms with Crippen LogP contribution in [0.1, 0.15) is 37.3 Å². The Balaban J connectivity index is 1.42. The number of methoxy groups -OCH3 is 2. The third-order valence-electron chi connectivity index (χ3n) is 7.75. The number of anilines is 1. The number of benzene rings is 1. The number of rotatable bonds is 12. The highest BCUT2D eigenvalue weighted by atomic mass is 32.2. The van der Waals surface area contributed by atoms with E-state index in [-0.39, 0.29) is 18.5 Å². The number of nitrogens with zero attached hydrogens (tertiary/aromatic N) is 4. The highest BCUT2D eigenvalue weighted by molar-refractivity contribution is 7.98. The van der Waals surface area contributed by atoms with Gasteiger partial charge in [0.05, 0.1) is 42.3 Å². The first-order valence-corrected chi connectivity index (χ1v) is 15.3. The topological polar surface area (TPSA) is 123 Å². The van der Waals surface area contributed by atoms with E-state index in [1.165, 1.54) is 0 Å². The van der Waals surface area contributed by atoms with Gasteiger partial charge in [0, 0.05) is 43.0 Å². The van der Waals surface area contributed by atoms with Crippen molar-refractivity contribution in [2.24, 2.45) is 0 Å². The van der Waals surface area contributed by atoms with E-state index in [1.54, 1.807) is 36.7 Å². The molecule has 0 bridgehead atoms. The van der Waals surface area contributed by atoms with Crippen molar-refractivity contribution in [3.05, 3.63) is 60.6 Å². The molecule has 0 aliphatic heterocycles. The number of carbonyl (C=O) groups is 1. The van der Waals surface area contributed by atoms with Gasteiger partial charge in [-0.2, -0.15) is 9.61 Å². The van der Waals surface area contributed by atoms with Gasteiger partial charge in [-0.3, -0.25) is 4.98 Å². The summed E-state index contributed by atoms with van der Waals surface area (Å²) in [5.41, 5.74) is 11.0. The monoisotopic (exact) mass is 591 g/mol. The van der Waals surface area contributed by atoms with Crippen LogP contribution in [0.5, 0.6) is 0 Å². The van der Waals surface area contributed by atoms with E-state index < -0.39 is 5.60 Å². The summed E-state index contributed by atoms with van der Waals surface area (Å²) >= 11 is 1.56. The van der Waals surface area contributed by atoms with Crippen LogP contribution in [-0.2, 0) is 23.7 Å². The van der Waals surface area contributed by atoms with Crippen LogP contribution in [0.2, 0.25) is 0 Å². The summed E-state index contributed by atoms with van der Waals surface area (Å²) in [4.78, 5) is 23.9. The quantitative estimate of drug-likeness (QED) is 0.137. The first kappa shape index (κ1) is 30.0. The molecule has 0 radical (unpaired) electrons. The minimum atomic E-state index is -1.02. The normalized spacial score (nSPS) is 18.8. The second-order valence-corrected chi connectivity index (χ2v) is 11.1. The third kappa shape index (κ3) is 6.14. The molecule has 3 heterocycles. The van der Waals surface area contributed by atoms with Gasteiger partial charge in [-0.15, -0.1) is 11.8 Å². The van der Waals surface area contributed by atoms with Gasteiger partial charge in [0.1, 0.15) is 12.4 Å². The zero-order valence-corrected chi connectivity index (χ0v) is 25.1. The molecule has 42 heavy (non-hydrogen) atoms. The third-order valence-corrected chi connectivity index (χ3v) is 8.58. The smallest absolute Gasteiger partial charge is 0.338 e. The van der Waals surface area contributed by atoms with Crippen LogP contribution < -0.4 is 5.73 Å². The van der Waals surface area contributed by atoms with E-state index in [1.807, 2.05) is 54.9 Å². The highest BCUT2D eigenvalue weighted by Gasteiger charge is 2.45. The van der Waals surface area contributed by atoms with Gasteiger partial charge in [-0.25, -0.2) is 9.78 Å². The number of nitrogens with two attached hydrogens (primary N) is 1. The van der Waals surface area contributed by atoms with E-state index in [4.69, 9.17) is 34.6 Å². The first-order chi connectivity index (χ1) is 20.5. The summed E-state index contributed by atoms with van der Waals surface area (Å²) in [5, 5.41) is 4.58. The number of esters is 1. The second kappa shape index (κ2) is 13.6. The summed E-state index contributed by atoms with van der Waals surface area (Å²) in [6.07, 6.45) is 8.03. The Morgan fingerprint density at radius 2 is 1.74 bits per heavy atom. The number of hydrogen-bond acceptors (Lipinski definition) is 10. The molecule has 1 aliphatic carbocycles. The van der Waals surface area contributed by atoms with Crippen LogP contribution in [0.3, 0.4) is 0 Å². The lowest BCUT2D eigenvalue weighted by Crippen LogP contribution is -2.46. The lowest BCUT2D eigenvalue weighted by atomic mass is 9.77. The maximum Gasteiger partial charge on any atom is 0.338 e. The lowest BCUT2D eigenvalue weighted by Gasteiger charge is -2.38. The molecule has 0 atom stereocenters. The van der Waals surface area contributed by atoms with E-state index in [2.05, 4.69) is 5.10 Å². The van der Waals surface area contributed by atoms with Crippen molar-refractivity contribution in [2.45, 2.75) is 42.1 Å². The predicted molar refractivity (Wildman–Crippen MR) is 162 cm³/mol. The molecule has 0 amide bonds. The lowest BCUT2D eigenvalue weighted by molar-refractivity contribution is -0.181. The molecule has 0 saturated heterocycles. The number of thioether (sulfide) groups is 1. The first-order valence-electron chi connectivity index (χ1n) is 14.0. The standard InChI is InChI=1S/C31H37N5O5S/c1-38-15-17-40-30(37)31(41-18-16-39-2)13-11-22(12-14-31)26-27(42-3)28(32)36-29(35-26)24(20-34-36)23-9-10-25(33-19-23)21-7-5-4-6-8-21/h4-10,19-20,22H,11-18,32H2,1-3H3. The Labute approximate surface area is 249 Å². The van der Waals surface area contributed by atoms with Gasteiger partial charge in [0.15, 0.2) is 11.2 Å². The van der Waals surface area contributed by atoms with Gasteiger partial charge in [-0.1, -0.05) is 36.4 Å². The van der Waals surface area contributed by atoms with Crippen molar-refractivity contribution in [1.29, 1.82) is 0 Å². The van der Waals surface area contributed by atoms with Crippen molar-refractivity contribution >= 4 is 29.2 Å². The zero-order valence-electron chi connectivity index (χ0n) is 24.2. The molecule has 4 aromatic rings. The highest BCUT2D eigenvalue weighted by Crippen LogP contribution is 2.44. The number of fused-ring (bicyclic) bond motifs is 1. The van der Waals surface area contributed by atoms with Crippen molar-refractivity contribution in [2.75, 3.05) is 52.6 Å². The summed E-state index contributed by atoms with van der Waals surface area (Å²) in [6, 6.07) is 14.1. The van der Waals surface area contributed by atoms with E-state index in [0.29, 0.717) is 57.0 Å². The zero-order chi connectivity index (χ0) is 29.5. The van der Waals surface area contributed by atoms with Crippen molar-refractivity contribution in [1.82, 2.24) is 19.6 Å². The molecule has 222 valence electrons. The van der Waals surface area contributed by atoms with Crippen LogP contribution >= 0.6 is 11.8 Å². The fraction of sp³-hybridized carbons (Fsp3) is 0.419. The van der Waals surface area contributed by atoms with Gasteiger partial charge in [-0.05, 0) is 38.0 Å². The summed E-state index contributed by atoms with van der Waals surface area (Å²) in [6.45, 7) is 1.23. The molecule has 0 spiro atoms. The second-order valence-electron chi connectivity index (χ2n) is 10.2. The minimum Gasteiger partial charge on any atom is -0.461 e. The molecule has 5 rings (SSSR count). The molecule has 1 fully saturated rings. The molecule has 11 heteroatoms. The van der Waals surface area contributed by atoms with Crippen molar-refractivity contribution in [3.63, 3.8) is 0 Å². The van der Waals surface area contributed by atoms with Crippen molar-refractivity contribution in [3.8, 4) is 22.4 Å². The molecule has 0 unspecified atom stereocenters. The predicted octanol–water partition coefficient (Wildman–Crippen LogP) is 5.01. The molecular weight excluding hydrogens is 554 g/mol. The van der Waals surface area contributed by atoms with Crippen LogP contribution in [0.4, 0.5) is 5.82 Å². The number of hydrogen-bond donors (Lipinski definition) is 1. The summed E-state index contributed by atoms with van der Waals surface area (Å²) in [5.74, 6) is 0.286.